The van der Waals surface area contributed by atoms with Crippen LogP contribution in [0.25, 0.3) is 17.1 Å². The third kappa shape index (κ3) is 1.81. The summed E-state index contributed by atoms with van der Waals surface area (Å²) in [6.07, 6.45) is 4.29. The van der Waals surface area contributed by atoms with Crippen molar-refractivity contribution in [3.8, 4) is 17.1 Å². The number of alkyl halides is 1. The number of para-hydroxylation sites is 1. The van der Waals surface area contributed by atoms with E-state index in [-0.39, 0.29) is 5.38 Å². The van der Waals surface area contributed by atoms with Crippen molar-refractivity contribution in [2.75, 3.05) is 0 Å². The largest absolute Gasteiger partial charge is 0.300 e. The minimum atomic E-state index is -0.0847. The maximum absolute atomic E-state index is 6.43. The van der Waals surface area contributed by atoms with Gasteiger partial charge in [-0.25, -0.2) is 14.6 Å². The molecule has 0 saturated carbocycles. The molecule has 21 heavy (non-hydrogen) atoms. The van der Waals surface area contributed by atoms with Crippen LogP contribution >= 0.6 is 11.6 Å². The van der Waals surface area contributed by atoms with Gasteiger partial charge in [-0.15, -0.1) is 11.6 Å². The quantitative estimate of drug-likeness (QED) is 0.534. The third-order valence-corrected chi connectivity index (χ3v) is 4.39. The molecular formula is C15H14ClN5. The monoisotopic (exact) mass is 299 g/mol. The number of fused-ring (bicyclic) bond motifs is 5. The predicted molar refractivity (Wildman–Crippen MR) is 80.6 cm³/mol. The fourth-order valence-electron chi connectivity index (χ4n) is 2.81. The van der Waals surface area contributed by atoms with Gasteiger partial charge in [-0.2, -0.15) is 5.10 Å². The van der Waals surface area contributed by atoms with E-state index in [1.807, 2.05) is 23.1 Å². The zero-order valence-corrected chi connectivity index (χ0v) is 12.3. The SMILES string of the molecule is CCC(Cl)c1ncn2c1Cn1ncnc1-c1ccccc1-2. The van der Waals surface area contributed by atoms with Crippen molar-refractivity contribution in [1.29, 1.82) is 0 Å². The van der Waals surface area contributed by atoms with Gasteiger partial charge in [-0.1, -0.05) is 19.1 Å². The lowest BCUT2D eigenvalue weighted by Crippen LogP contribution is -2.07. The molecular weight excluding hydrogens is 286 g/mol. The Morgan fingerprint density at radius 3 is 3.00 bits per heavy atom. The fourth-order valence-corrected chi connectivity index (χ4v) is 2.99. The van der Waals surface area contributed by atoms with Gasteiger partial charge in [0.25, 0.3) is 0 Å². The minimum absolute atomic E-state index is 0.0847. The van der Waals surface area contributed by atoms with Gasteiger partial charge in [0.05, 0.1) is 35.3 Å². The van der Waals surface area contributed by atoms with Crippen LogP contribution in [0.1, 0.15) is 30.1 Å². The van der Waals surface area contributed by atoms with Gasteiger partial charge in [-0.05, 0) is 18.6 Å². The molecule has 0 aliphatic carbocycles. The second kappa shape index (κ2) is 4.70. The second-order valence-electron chi connectivity index (χ2n) is 5.08. The van der Waals surface area contributed by atoms with E-state index in [9.17, 15) is 0 Å². The second-order valence-corrected chi connectivity index (χ2v) is 5.61. The van der Waals surface area contributed by atoms with Crippen LogP contribution < -0.4 is 0 Å². The van der Waals surface area contributed by atoms with E-state index in [0.29, 0.717) is 6.54 Å². The van der Waals surface area contributed by atoms with Crippen LogP contribution in [0.4, 0.5) is 0 Å². The molecule has 0 spiro atoms. The van der Waals surface area contributed by atoms with E-state index in [1.54, 1.807) is 6.33 Å². The van der Waals surface area contributed by atoms with Gasteiger partial charge in [0, 0.05) is 5.56 Å². The van der Waals surface area contributed by atoms with E-state index in [0.717, 1.165) is 34.9 Å². The number of benzene rings is 1. The summed E-state index contributed by atoms with van der Waals surface area (Å²) in [5, 5.41) is 4.26. The van der Waals surface area contributed by atoms with Crippen LogP contribution in [-0.4, -0.2) is 24.3 Å². The van der Waals surface area contributed by atoms with Crippen molar-refractivity contribution < 1.29 is 0 Å². The zero-order valence-electron chi connectivity index (χ0n) is 11.6. The highest BCUT2D eigenvalue weighted by molar-refractivity contribution is 6.20. The highest BCUT2D eigenvalue weighted by atomic mass is 35.5. The molecule has 106 valence electrons. The minimum Gasteiger partial charge on any atom is -0.300 e. The molecule has 5 nitrogen and oxygen atoms in total. The van der Waals surface area contributed by atoms with Crippen molar-refractivity contribution in [3.63, 3.8) is 0 Å². The Kier molecular flexibility index (Phi) is 2.82. The van der Waals surface area contributed by atoms with Crippen molar-refractivity contribution >= 4 is 11.6 Å². The van der Waals surface area contributed by atoms with Crippen molar-refractivity contribution in [2.45, 2.75) is 25.3 Å². The van der Waals surface area contributed by atoms with Gasteiger partial charge < -0.3 is 4.57 Å². The molecule has 0 bridgehead atoms. The number of imidazole rings is 1. The first-order valence-electron chi connectivity index (χ1n) is 6.97. The summed E-state index contributed by atoms with van der Waals surface area (Å²) in [4.78, 5) is 8.94. The lowest BCUT2D eigenvalue weighted by Gasteiger charge is -2.10. The van der Waals surface area contributed by atoms with Crippen LogP contribution in [0.3, 0.4) is 0 Å². The summed E-state index contributed by atoms with van der Waals surface area (Å²) in [6.45, 7) is 2.69. The van der Waals surface area contributed by atoms with Crippen LogP contribution in [0.15, 0.2) is 36.9 Å². The molecule has 4 rings (SSSR count). The number of rotatable bonds is 2. The van der Waals surface area contributed by atoms with Gasteiger partial charge in [0.15, 0.2) is 5.82 Å². The summed E-state index contributed by atoms with van der Waals surface area (Å²) in [6, 6.07) is 8.16. The number of nitrogens with zero attached hydrogens (tertiary/aromatic N) is 5. The Labute approximate surface area is 127 Å². The van der Waals surface area contributed by atoms with Crippen LogP contribution in [-0.2, 0) is 6.54 Å². The van der Waals surface area contributed by atoms with Crippen LogP contribution in [0.2, 0.25) is 0 Å². The van der Waals surface area contributed by atoms with Gasteiger partial charge >= 0.3 is 0 Å². The lowest BCUT2D eigenvalue weighted by atomic mass is 10.1. The predicted octanol–water partition coefficient (Wildman–Crippen LogP) is 3.18. The van der Waals surface area contributed by atoms with Gasteiger partial charge in [0.2, 0.25) is 0 Å². The number of hydrogen-bond donors (Lipinski definition) is 0. The zero-order chi connectivity index (χ0) is 14.4. The topological polar surface area (TPSA) is 48.5 Å². The first-order chi connectivity index (χ1) is 10.3. The Balaban J connectivity index is 2.01. The van der Waals surface area contributed by atoms with Crippen molar-refractivity contribution in [1.82, 2.24) is 24.3 Å². The number of aromatic nitrogens is 5. The highest BCUT2D eigenvalue weighted by Gasteiger charge is 2.25. The Morgan fingerprint density at radius 1 is 1.29 bits per heavy atom. The third-order valence-electron chi connectivity index (χ3n) is 3.87. The summed E-state index contributed by atoms with van der Waals surface area (Å²) in [5.41, 5.74) is 4.13. The summed E-state index contributed by atoms with van der Waals surface area (Å²) in [5.74, 6) is 0.878. The Bertz CT molecular complexity index is 804. The van der Waals surface area contributed by atoms with E-state index >= 15 is 0 Å². The molecule has 0 fully saturated rings. The van der Waals surface area contributed by atoms with Crippen molar-refractivity contribution in [3.05, 3.63) is 48.3 Å². The van der Waals surface area contributed by atoms with Crippen LogP contribution in [0.5, 0.6) is 0 Å². The average Bonchev–Trinajstić information content (AvgIpc) is 3.12. The van der Waals surface area contributed by atoms with E-state index in [4.69, 9.17) is 11.6 Å². The number of halogens is 1. The highest BCUT2D eigenvalue weighted by Crippen LogP contribution is 2.34. The molecule has 2 aromatic heterocycles. The molecule has 3 aromatic rings. The van der Waals surface area contributed by atoms with Crippen LogP contribution in [0, 0.1) is 0 Å². The lowest BCUT2D eigenvalue weighted by molar-refractivity contribution is 0.666. The molecule has 0 saturated heterocycles. The number of hydrogen-bond acceptors (Lipinski definition) is 3. The Hall–Kier alpha value is -2.14. The molecule has 1 aliphatic heterocycles. The maximum atomic E-state index is 6.43. The van der Waals surface area contributed by atoms with E-state index < -0.39 is 0 Å². The fraction of sp³-hybridized carbons (Fsp3) is 0.267. The molecule has 6 heteroatoms. The molecule has 0 radical (unpaired) electrons. The standard InChI is InChI=1S/C15H14ClN5/c1-2-11(16)14-13-7-21-15(17-8-19-21)10-5-3-4-6-12(10)20(13)9-18-14/h3-6,8-9,11H,2,7H2,1H3. The maximum Gasteiger partial charge on any atom is 0.160 e. The van der Waals surface area contributed by atoms with Crippen molar-refractivity contribution in [2.24, 2.45) is 0 Å². The molecule has 0 amide bonds. The molecule has 0 N–H and O–H groups in total. The first kappa shape index (κ1) is 12.6. The molecule has 1 unspecified atom stereocenters. The normalized spacial score (nSPS) is 14.0. The van der Waals surface area contributed by atoms with Gasteiger partial charge in [-0.3, -0.25) is 0 Å². The molecule has 1 atom stereocenters. The van der Waals surface area contributed by atoms with E-state index in [1.165, 1.54) is 0 Å². The summed E-state index contributed by atoms with van der Waals surface area (Å²) in [7, 11) is 0. The van der Waals surface area contributed by atoms with Gasteiger partial charge in [0.1, 0.15) is 6.33 Å². The first-order valence-corrected chi connectivity index (χ1v) is 7.41. The molecule has 1 aliphatic rings. The van der Waals surface area contributed by atoms with E-state index in [2.05, 4.69) is 38.7 Å². The summed E-state index contributed by atoms with van der Waals surface area (Å²) >= 11 is 6.43. The molecule has 3 heterocycles. The summed E-state index contributed by atoms with van der Waals surface area (Å²) < 4.78 is 4.01. The molecule has 1 aromatic carbocycles. The Morgan fingerprint density at radius 2 is 2.14 bits per heavy atom. The smallest absolute Gasteiger partial charge is 0.160 e. The average molecular weight is 300 g/mol.